The molecule has 0 unspecified atom stereocenters. The van der Waals surface area contributed by atoms with Gasteiger partial charge in [0.15, 0.2) is 6.61 Å². The number of H-pyrrole nitrogens is 1. The van der Waals surface area contributed by atoms with Crippen molar-refractivity contribution in [3.8, 4) is 17.0 Å². The Morgan fingerprint density at radius 1 is 1.07 bits per heavy atom. The van der Waals surface area contributed by atoms with E-state index in [9.17, 15) is 9.59 Å². The number of amides is 1. The standard InChI is InChI=1S/C20H19N3O4/c1-26-16-9-5-6-14(10-16)12-21-19(24)13-27-20(25)18-11-17(22-23-18)15-7-3-2-4-8-15/h2-11H,12-13H2,1H3,(H,21,24)(H,22,23). The van der Waals surface area contributed by atoms with E-state index >= 15 is 0 Å². The molecule has 2 N–H and O–H groups in total. The summed E-state index contributed by atoms with van der Waals surface area (Å²) in [6, 6.07) is 18.4. The van der Waals surface area contributed by atoms with Crippen LogP contribution in [0.2, 0.25) is 0 Å². The number of nitrogens with zero attached hydrogens (tertiary/aromatic N) is 1. The average molecular weight is 365 g/mol. The molecule has 0 radical (unpaired) electrons. The van der Waals surface area contributed by atoms with Crippen LogP contribution in [0.3, 0.4) is 0 Å². The van der Waals surface area contributed by atoms with Gasteiger partial charge in [0.05, 0.1) is 12.8 Å². The summed E-state index contributed by atoms with van der Waals surface area (Å²) in [5.41, 5.74) is 2.58. The second-order valence-electron chi connectivity index (χ2n) is 5.74. The number of methoxy groups -OCH3 is 1. The fraction of sp³-hybridized carbons (Fsp3) is 0.150. The van der Waals surface area contributed by atoms with E-state index in [1.165, 1.54) is 0 Å². The Labute approximate surface area is 156 Å². The van der Waals surface area contributed by atoms with Crippen LogP contribution in [0, 0.1) is 0 Å². The lowest BCUT2D eigenvalue weighted by Crippen LogP contribution is -2.28. The molecule has 1 aromatic heterocycles. The Kier molecular flexibility index (Phi) is 5.84. The highest BCUT2D eigenvalue weighted by Gasteiger charge is 2.14. The molecule has 0 atom stereocenters. The molecular weight excluding hydrogens is 346 g/mol. The van der Waals surface area contributed by atoms with Crippen LogP contribution >= 0.6 is 0 Å². The van der Waals surface area contributed by atoms with Crippen LogP contribution in [-0.2, 0) is 16.1 Å². The number of hydrogen-bond donors (Lipinski definition) is 2. The molecule has 3 aromatic rings. The molecule has 1 heterocycles. The number of rotatable bonds is 7. The molecule has 1 amide bonds. The van der Waals surface area contributed by atoms with Crippen LogP contribution in [0.5, 0.6) is 5.75 Å². The Bertz CT molecular complexity index is 922. The van der Waals surface area contributed by atoms with E-state index in [0.717, 1.165) is 11.1 Å². The third-order valence-corrected chi connectivity index (χ3v) is 3.83. The number of carbonyl (C=O) groups is 2. The maximum absolute atomic E-state index is 12.1. The number of benzene rings is 2. The molecule has 0 aliphatic heterocycles. The van der Waals surface area contributed by atoms with Crippen molar-refractivity contribution >= 4 is 11.9 Å². The predicted molar refractivity (Wildman–Crippen MR) is 99.1 cm³/mol. The van der Waals surface area contributed by atoms with Gasteiger partial charge in [0, 0.05) is 12.1 Å². The highest BCUT2D eigenvalue weighted by atomic mass is 16.5. The Hall–Kier alpha value is -3.61. The van der Waals surface area contributed by atoms with Crippen molar-refractivity contribution in [1.82, 2.24) is 15.5 Å². The smallest absolute Gasteiger partial charge is 0.356 e. The lowest BCUT2D eigenvalue weighted by molar-refractivity contribution is -0.124. The third-order valence-electron chi connectivity index (χ3n) is 3.83. The van der Waals surface area contributed by atoms with Crippen molar-refractivity contribution in [2.24, 2.45) is 0 Å². The number of aromatic amines is 1. The quantitative estimate of drug-likeness (QED) is 0.628. The van der Waals surface area contributed by atoms with Gasteiger partial charge in [0.1, 0.15) is 11.4 Å². The molecular formula is C20H19N3O4. The molecule has 2 aromatic carbocycles. The largest absolute Gasteiger partial charge is 0.497 e. The summed E-state index contributed by atoms with van der Waals surface area (Å²) in [4.78, 5) is 23.9. The van der Waals surface area contributed by atoms with Crippen LogP contribution in [0.25, 0.3) is 11.3 Å². The summed E-state index contributed by atoms with van der Waals surface area (Å²) in [6.45, 7) is -0.0573. The first kappa shape index (κ1) is 18.2. The Morgan fingerprint density at radius 2 is 1.89 bits per heavy atom. The zero-order valence-electron chi connectivity index (χ0n) is 14.8. The molecule has 0 aliphatic rings. The molecule has 0 aliphatic carbocycles. The zero-order chi connectivity index (χ0) is 19.1. The van der Waals surface area contributed by atoms with Crippen LogP contribution in [-0.4, -0.2) is 35.8 Å². The van der Waals surface area contributed by atoms with Crippen LogP contribution in [0.15, 0.2) is 60.7 Å². The summed E-state index contributed by atoms with van der Waals surface area (Å²) < 4.78 is 10.2. The van der Waals surface area contributed by atoms with E-state index in [1.807, 2.05) is 54.6 Å². The number of nitrogens with one attached hydrogen (secondary N) is 2. The molecule has 0 spiro atoms. The number of esters is 1. The van der Waals surface area contributed by atoms with Crippen molar-refractivity contribution in [3.63, 3.8) is 0 Å². The van der Waals surface area contributed by atoms with Gasteiger partial charge in [-0.05, 0) is 23.8 Å². The van der Waals surface area contributed by atoms with Crippen LogP contribution < -0.4 is 10.1 Å². The summed E-state index contributed by atoms with van der Waals surface area (Å²) >= 11 is 0. The average Bonchev–Trinajstić information content (AvgIpc) is 3.21. The fourth-order valence-corrected chi connectivity index (χ4v) is 2.43. The Balaban J connectivity index is 1.48. The van der Waals surface area contributed by atoms with Crippen molar-refractivity contribution in [3.05, 3.63) is 71.9 Å². The van der Waals surface area contributed by atoms with E-state index < -0.39 is 11.9 Å². The van der Waals surface area contributed by atoms with E-state index in [0.29, 0.717) is 18.0 Å². The lowest BCUT2D eigenvalue weighted by Gasteiger charge is -2.07. The van der Waals surface area contributed by atoms with Crippen molar-refractivity contribution in [2.75, 3.05) is 13.7 Å². The zero-order valence-corrected chi connectivity index (χ0v) is 14.8. The molecule has 3 rings (SSSR count). The van der Waals surface area contributed by atoms with Gasteiger partial charge in [0.25, 0.3) is 5.91 Å². The lowest BCUT2D eigenvalue weighted by atomic mass is 10.1. The summed E-state index contributed by atoms with van der Waals surface area (Å²) in [7, 11) is 1.58. The first-order chi connectivity index (χ1) is 13.2. The van der Waals surface area contributed by atoms with Crippen LogP contribution in [0.1, 0.15) is 16.1 Å². The van der Waals surface area contributed by atoms with Crippen molar-refractivity contribution in [2.45, 2.75) is 6.54 Å². The summed E-state index contributed by atoms with van der Waals surface area (Å²) in [5.74, 6) is -0.322. The van der Waals surface area contributed by atoms with E-state index in [1.54, 1.807) is 13.2 Å². The van der Waals surface area contributed by atoms with Gasteiger partial charge in [-0.25, -0.2) is 4.79 Å². The number of carbonyl (C=O) groups excluding carboxylic acids is 2. The molecule has 0 bridgehead atoms. The van der Waals surface area contributed by atoms with Gasteiger partial charge < -0.3 is 14.8 Å². The molecule has 0 saturated heterocycles. The van der Waals surface area contributed by atoms with E-state index in [4.69, 9.17) is 9.47 Å². The molecule has 0 fully saturated rings. The maximum atomic E-state index is 12.1. The highest BCUT2D eigenvalue weighted by molar-refractivity contribution is 5.90. The highest BCUT2D eigenvalue weighted by Crippen LogP contribution is 2.17. The molecule has 7 heteroatoms. The molecule has 0 saturated carbocycles. The normalized spacial score (nSPS) is 10.3. The molecule has 27 heavy (non-hydrogen) atoms. The molecule has 7 nitrogen and oxygen atoms in total. The minimum atomic E-state index is -0.638. The minimum absolute atomic E-state index is 0.189. The third kappa shape index (κ3) is 4.94. The maximum Gasteiger partial charge on any atom is 0.356 e. The number of aromatic nitrogens is 2. The SMILES string of the molecule is COc1cccc(CNC(=O)COC(=O)c2cc(-c3ccccc3)n[nH]2)c1. The monoisotopic (exact) mass is 365 g/mol. The summed E-state index contributed by atoms with van der Waals surface area (Å²) in [6.07, 6.45) is 0. The Morgan fingerprint density at radius 3 is 2.67 bits per heavy atom. The van der Waals surface area contributed by atoms with Gasteiger partial charge in [-0.15, -0.1) is 0 Å². The van der Waals surface area contributed by atoms with Gasteiger partial charge in [-0.2, -0.15) is 5.10 Å². The van der Waals surface area contributed by atoms with Gasteiger partial charge in [-0.1, -0.05) is 42.5 Å². The number of hydrogen-bond acceptors (Lipinski definition) is 5. The molecule has 138 valence electrons. The first-order valence-electron chi connectivity index (χ1n) is 8.33. The second-order valence-corrected chi connectivity index (χ2v) is 5.74. The second kappa shape index (κ2) is 8.66. The van der Waals surface area contributed by atoms with E-state index in [-0.39, 0.29) is 12.3 Å². The van der Waals surface area contributed by atoms with Gasteiger partial charge in [0.2, 0.25) is 0 Å². The van der Waals surface area contributed by atoms with Crippen molar-refractivity contribution in [1.29, 1.82) is 0 Å². The van der Waals surface area contributed by atoms with Crippen LogP contribution in [0.4, 0.5) is 0 Å². The first-order valence-corrected chi connectivity index (χ1v) is 8.33. The predicted octanol–water partition coefficient (Wildman–Crippen LogP) is 2.56. The van der Waals surface area contributed by atoms with Crippen molar-refractivity contribution < 1.29 is 19.1 Å². The minimum Gasteiger partial charge on any atom is -0.497 e. The topological polar surface area (TPSA) is 93.3 Å². The fourth-order valence-electron chi connectivity index (χ4n) is 2.43. The van der Waals surface area contributed by atoms with Gasteiger partial charge >= 0.3 is 5.97 Å². The number of ether oxygens (including phenoxy) is 2. The van der Waals surface area contributed by atoms with Gasteiger partial charge in [-0.3, -0.25) is 9.89 Å². The summed E-state index contributed by atoms with van der Waals surface area (Å²) in [5, 5.41) is 9.41. The van der Waals surface area contributed by atoms with E-state index in [2.05, 4.69) is 15.5 Å².